The number of fused-ring (bicyclic) bond motifs is 3. The van der Waals surface area contributed by atoms with E-state index in [1.165, 1.54) is 5.56 Å². The van der Waals surface area contributed by atoms with Gasteiger partial charge in [-0.1, -0.05) is 36.4 Å². The molecule has 1 aromatic carbocycles. The first-order chi connectivity index (χ1) is 20.6. The maximum Gasteiger partial charge on any atom is 0.410 e. The van der Waals surface area contributed by atoms with Crippen molar-refractivity contribution in [3.05, 3.63) is 47.5 Å². The first kappa shape index (κ1) is 29.7. The van der Waals surface area contributed by atoms with Crippen LogP contribution in [0.4, 0.5) is 4.79 Å². The molecule has 5 atom stereocenters. The third kappa shape index (κ3) is 6.16. The Balaban J connectivity index is 1.19. The Kier molecular flexibility index (Phi) is 7.99. The highest BCUT2D eigenvalue weighted by molar-refractivity contribution is 7.91. The molecule has 6 rings (SSSR count). The van der Waals surface area contributed by atoms with Crippen LogP contribution in [-0.4, -0.2) is 79.1 Å². The van der Waals surface area contributed by atoms with E-state index >= 15 is 0 Å². The molecule has 3 fully saturated rings. The van der Waals surface area contributed by atoms with E-state index in [4.69, 9.17) is 4.74 Å². The number of sulfonamides is 1. The minimum absolute atomic E-state index is 0.144. The molecule has 232 valence electrons. The summed E-state index contributed by atoms with van der Waals surface area (Å²) in [5, 5.41) is 2.29. The Morgan fingerprint density at radius 2 is 1.79 bits per heavy atom. The van der Waals surface area contributed by atoms with Crippen LogP contribution in [0.5, 0.6) is 0 Å². The standard InChI is InChI=1S/C31H40N4O7S/c1-34-14-7-3-2-4-10-22-18-31(22,29(38)33-43(40,41)24-11-12-24)32-27(36)25-16-23(17-26(25)28(34)37)42-30(39)35-15-13-20-8-5-6-9-21(20)19-35/h4-6,8-10,22-26H,2-3,7,11-19H2,1H3,(H,32,36)(H,33,38)/b10-4-. The second-order valence-electron chi connectivity index (χ2n) is 12.8. The van der Waals surface area contributed by atoms with Gasteiger partial charge in [0.15, 0.2) is 0 Å². The topological polar surface area (TPSA) is 142 Å². The Hall–Kier alpha value is -3.41. The van der Waals surface area contributed by atoms with Crippen LogP contribution in [0.1, 0.15) is 62.5 Å². The number of amides is 4. The summed E-state index contributed by atoms with van der Waals surface area (Å²) < 4.78 is 33.3. The van der Waals surface area contributed by atoms with Crippen molar-refractivity contribution in [3.63, 3.8) is 0 Å². The molecule has 12 heteroatoms. The highest BCUT2D eigenvalue weighted by Crippen LogP contribution is 2.47. The van der Waals surface area contributed by atoms with Crippen LogP contribution >= 0.6 is 0 Å². The molecular formula is C31H40N4O7S. The van der Waals surface area contributed by atoms with E-state index in [1.807, 2.05) is 30.4 Å². The molecule has 0 radical (unpaired) electrons. The Morgan fingerprint density at radius 1 is 1.05 bits per heavy atom. The molecule has 3 saturated carbocycles. The van der Waals surface area contributed by atoms with Gasteiger partial charge in [-0.2, -0.15) is 0 Å². The second-order valence-corrected chi connectivity index (χ2v) is 14.7. The molecule has 3 aliphatic carbocycles. The zero-order valence-electron chi connectivity index (χ0n) is 24.5. The van der Waals surface area contributed by atoms with Gasteiger partial charge in [0.1, 0.15) is 11.6 Å². The first-order valence-electron chi connectivity index (χ1n) is 15.4. The number of benzene rings is 1. The van der Waals surface area contributed by atoms with E-state index < -0.39 is 56.7 Å². The lowest BCUT2D eigenvalue weighted by molar-refractivity contribution is -0.140. The fourth-order valence-electron chi connectivity index (χ4n) is 6.76. The van der Waals surface area contributed by atoms with Crippen LogP contribution in [0.2, 0.25) is 0 Å². The molecule has 0 saturated heterocycles. The monoisotopic (exact) mass is 612 g/mol. The molecule has 5 unspecified atom stereocenters. The molecule has 5 aliphatic rings. The quantitative estimate of drug-likeness (QED) is 0.497. The lowest BCUT2D eigenvalue weighted by atomic mass is 9.93. The Morgan fingerprint density at radius 3 is 2.56 bits per heavy atom. The normalized spacial score (nSPS) is 31.9. The van der Waals surface area contributed by atoms with E-state index in [0.29, 0.717) is 32.5 Å². The van der Waals surface area contributed by atoms with Gasteiger partial charge in [0.25, 0.3) is 5.91 Å². The van der Waals surface area contributed by atoms with E-state index in [-0.39, 0.29) is 31.1 Å². The molecule has 4 amide bonds. The minimum Gasteiger partial charge on any atom is -0.446 e. The second kappa shape index (κ2) is 11.6. The lowest BCUT2D eigenvalue weighted by Crippen LogP contribution is -2.54. The third-order valence-corrected chi connectivity index (χ3v) is 11.5. The number of allylic oxidation sites excluding steroid dienone is 1. The van der Waals surface area contributed by atoms with Crippen molar-refractivity contribution in [1.82, 2.24) is 19.8 Å². The highest BCUT2D eigenvalue weighted by atomic mass is 32.2. The number of hydrogen-bond donors (Lipinski definition) is 2. The molecule has 11 nitrogen and oxygen atoms in total. The largest absolute Gasteiger partial charge is 0.446 e. The van der Waals surface area contributed by atoms with Gasteiger partial charge in [0, 0.05) is 32.6 Å². The Labute approximate surface area is 252 Å². The first-order valence-corrected chi connectivity index (χ1v) is 16.9. The van der Waals surface area contributed by atoms with Crippen molar-refractivity contribution >= 4 is 33.8 Å². The van der Waals surface area contributed by atoms with Gasteiger partial charge in [-0.15, -0.1) is 0 Å². The SMILES string of the molecule is CN1CCCC/C=C\C2CC2(C(=O)NS(=O)(=O)C2CC2)NC(=O)C2CC(OC(=O)N3CCc4ccccc4C3)CC2C1=O. The third-order valence-electron chi connectivity index (χ3n) is 9.65. The van der Waals surface area contributed by atoms with Gasteiger partial charge in [0.05, 0.1) is 17.1 Å². The molecule has 0 bridgehead atoms. The smallest absolute Gasteiger partial charge is 0.410 e. The lowest BCUT2D eigenvalue weighted by Gasteiger charge is -2.29. The van der Waals surface area contributed by atoms with Gasteiger partial charge in [0.2, 0.25) is 21.8 Å². The van der Waals surface area contributed by atoms with E-state index in [9.17, 15) is 27.6 Å². The summed E-state index contributed by atoms with van der Waals surface area (Å²) in [7, 11) is -2.09. The molecular weight excluding hydrogens is 572 g/mol. The molecule has 0 aromatic heterocycles. The summed E-state index contributed by atoms with van der Waals surface area (Å²) >= 11 is 0. The number of ether oxygens (including phenoxy) is 1. The molecule has 43 heavy (non-hydrogen) atoms. The summed E-state index contributed by atoms with van der Waals surface area (Å²) in [5.74, 6) is -3.32. The van der Waals surface area contributed by atoms with Gasteiger partial charge in [-0.05, 0) is 68.9 Å². The molecule has 2 N–H and O–H groups in total. The fraction of sp³-hybridized carbons (Fsp3) is 0.613. The predicted molar refractivity (Wildman–Crippen MR) is 157 cm³/mol. The minimum atomic E-state index is -3.81. The summed E-state index contributed by atoms with van der Waals surface area (Å²) in [6, 6.07) is 7.97. The zero-order chi connectivity index (χ0) is 30.4. The zero-order valence-corrected chi connectivity index (χ0v) is 25.3. The molecule has 2 aliphatic heterocycles. The van der Waals surface area contributed by atoms with Crippen LogP contribution in [0.3, 0.4) is 0 Å². The number of carbonyl (C=O) groups excluding carboxylic acids is 4. The predicted octanol–water partition coefficient (Wildman–Crippen LogP) is 2.26. The van der Waals surface area contributed by atoms with Crippen molar-refractivity contribution in [3.8, 4) is 0 Å². The van der Waals surface area contributed by atoms with Crippen molar-refractivity contribution in [2.75, 3.05) is 20.1 Å². The van der Waals surface area contributed by atoms with Crippen molar-refractivity contribution in [2.24, 2.45) is 17.8 Å². The average Bonchev–Trinajstić information content (AvgIpc) is 3.91. The van der Waals surface area contributed by atoms with Gasteiger partial charge < -0.3 is 19.9 Å². The van der Waals surface area contributed by atoms with Crippen molar-refractivity contribution in [2.45, 2.75) is 81.2 Å². The van der Waals surface area contributed by atoms with Crippen LogP contribution in [-0.2, 0) is 42.1 Å². The number of hydrogen-bond acceptors (Lipinski definition) is 7. The van der Waals surface area contributed by atoms with Crippen LogP contribution in [0.15, 0.2) is 36.4 Å². The van der Waals surface area contributed by atoms with E-state index in [1.54, 1.807) is 16.8 Å². The molecule has 2 heterocycles. The fourth-order valence-corrected chi connectivity index (χ4v) is 8.12. The van der Waals surface area contributed by atoms with Gasteiger partial charge in [-0.25, -0.2) is 13.2 Å². The Bertz CT molecular complexity index is 1440. The molecule has 0 spiro atoms. The maximum absolute atomic E-state index is 13.9. The van der Waals surface area contributed by atoms with E-state index in [0.717, 1.165) is 31.2 Å². The van der Waals surface area contributed by atoms with Gasteiger partial charge >= 0.3 is 6.09 Å². The highest BCUT2D eigenvalue weighted by Gasteiger charge is 2.62. The number of nitrogens with one attached hydrogen (secondary N) is 2. The van der Waals surface area contributed by atoms with Crippen LogP contribution in [0.25, 0.3) is 0 Å². The average molecular weight is 613 g/mol. The summed E-state index contributed by atoms with van der Waals surface area (Å²) in [6.45, 7) is 1.50. The summed E-state index contributed by atoms with van der Waals surface area (Å²) in [6.07, 6.45) is 7.47. The van der Waals surface area contributed by atoms with E-state index in [2.05, 4.69) is 16.1 Å². The number of rotatable bonds is 4. The van der Waals surface area contributed by atoms with Crippen molar-refractivity contribution in [1.29, 1.82) is 0 Å². The number of nitrogens with zero attached hydrogens (tertiary/aromatic N) is 2. The van der Waals surface area contributed by atoms with Crippen LogP contribution < -0.4 is 10.0 Å². The van der Waals surface area contributed by atoms with Crippen molar-refractivity contribution < 1.29 is 32.3 Å². The van der Waals surface area contributed by atoms with Crippen LogP contribution in [0, 0.1) is 17.8 Å². The molecule has 1 aromatic rings. The summed E-state index contributed by atoms with van der Waals surface area (Å²) in [4.78, 5) is 57.3. The van der Waals surface area contributed by atoms with Gasteiger partial charge in [-0.3, -0.25) is 19.1 Å². The summed E-state index contributed by atoms with van der Waals surface area (Å²) in [5.41, 5.74) is 0.884. The number of carbonyl (C=O) groups is 4. The maximum atomic E-state index is 13.9.